The van der Waals surface area contributed by atoms with Gasteiger partial charge in [0.25, 0.3) is 11.8 Å². The summed E-state index contributed by atoms with van der Waals surface area (Å²) in [6, 6.07) is 15.9. The molecule has 0 aliphatic carbocycles. The van der Waals surface area contributed by atoms with Crippen LogP contribution >= 0.6 is 0 Å². The lowest BCUT2D eigenvalue weighted by molar-refractivity contribution is -0.137. The molecule has 0 saturated carbocycles. The number of unbranched alkanes of at least 4 members (excludes halogenated alkanes) is 3. The van der Waals surface area contributed by atoms with E-state index < -0.39 is 40.6 Å². The zero-order valence-electron chi connectivity index (χ0n) is 39.1. The number of amides is 5. The summed E-state index contributed by atoms with van der Waals surface area (Å²) >= 11 is 0. The first kappa shape index (κ1) is 47.8. The number of rotatable bonds is 16. The molecule has 3 saturated heterocycles. The summed E-state index contributed by atoms with van der Waals surface area (Å²) in [7, 11) is 0. The van der Waals surface area contributed by atoms with Crippen LogP contribution in [0.2, 0.25) is 0 Å². The van der Waals surface area contributed by atoms with Gasteiger partial charge in [-0.25, -0.2) is 18.3 Å². The standard InChI is InChI=1S/C52H56F2N10O6/c1-2-70-39-27-41(47-37(28-55)30-58-64(47)32-39)35-8-13-45(57-29-35)62-23-17-52(18-24-62,60-48(66)42-26-38(53)9-11-43(42)54)51(69)56-19-5-3-4-6-20-61-21-15-33(16-22-61)34-7-10-40-36(25-34)31-63(50(40)68)44-12-14-46(65)59-49(44)67/h7-11,13,25-27,29-30,32-33,44H,2-6,12,14-24,31H2,1H3,(H,56,69)(H,60,66)(H,59,65,67). The number of carbonyl (C=O) groups is 5. The number of imide groups is 1. The summed E-state index contributed by atoms with van der Waals surface area (Å²) in [5.41, 5.74) is 3.44. The quantitative estimate of drug-likeness (QED) is 0.0773. The van der Waals surface area contributed by atoms with Crippen LogP contribution in [-0.4, -0.2) is 111 Å². The Morgan fingerprint density at radius 1 is 0.929 bits per heavy atom. The maximum atomic E-state index is 14.8. The molecule has 5 aromatic rings. The third-order valence-electron chi connectivity index (χ3n) is 14.3. The maximum absolute atomic E-state index is 14.8. The summed E-state index contributed by atoms with van der Waals surface area (Å²) in [5, 5.41) is 22.3. The number of likely N-dealkylation sites (tertiary alicyclic amines) is 1. The zero-order valence-corrected chi connectivity index (χ0v) is 39.1. The number of halogens is 2. The fourth-order valence-corrected chi connectivity index (χ4v) is 10.4. The van der Waals surface area contributed by atoms with E-state index in [0.29, 0.717) is 73.3 Å². The molecule has 9 rings (SSSR count). The van der Waals surface area contributed by atoms with Gasteiger partial charge in [0.05, 0.1) is 35.6 Å². The van der Waals surface area contributed by atoms with Crippen LogP contribution in [0.5, 0.6) is 5.75 Å². The Morgan fingerprint density at radius 3 is 2.47 bits per heavy atom. The van der Waals surface area contributed by atoms with Crippen LogP contribution in [0, 0.1) is 23.0 Å². The Hall–Kier alpha value is -7.26. The molecule has 0 radical (unpaired) electrons. The lowest BCUT2D eigenvalue weighted by Gasteiger charge is -2.41. The summed E-state index contributed by atoms with van der Waals surface area (Å²) in [6.07, 6.45) is 11.5. The number of hydrogen-bond donors (Lipinski definition) is 3. The molecule has 70 heavy (non-hydrogen) atoms. The average Bonchev–Trinajstić information content (AvgIpc) is 3.94. The van der Waals surface area contributed by atoms with Gasteiger partial charge in [0, 0.05) is 55.5 Å². The van der Waals surface area contributed by atoms with Gasteiger partial charge in [0.1, 0.15) is 40.9 Å². The van der Waals surface area contributed by atoms with Gasteiger partial charge in [-0.1, -0.05) is 25.0 Å². The average molecular weight is 955 g/mol. The lowest BCUT2D eigenvalue weighted by Crippen LogP contribution is -2.63. The van der Waals surface area contributed by atoms with Gasteiger partial charge in [-0.2, -0.15) is 10.4 Å². The Bertz CT molecular complexity index is 2850. The molecule has 18 heteroatoms. The predicted molar refractivity (Wildman–Crippen MR) is 255 cm³/mol. The minimum Gasteiger partial charge on any atom is -0.492 e. The van der Waals surface area contributed by atoms with Crippen LogP contribution in [0.15, 0.2) is 73.2 Å². The minimum absolute atomic E-state index is 0.160. The Morgan fingerprint density at radius 2 is 1.73 bits per heavy atom. The van der Waals surface area contributed by atoms with Crippen molar-refractivity contribution in [1.82, 2.24) is 40.3 Å². The molecule has 3 fully saturated rings. The number of pyridine rings is 2. The number of piperidine rings is 3. The second-order valence-electron chi connectivity index (χ2n) is 18.6. The highest BCUT2D eigenvalue weighted by atomic mass is 19.1. The first-order chi connectivity index (χ1) is 33.9. The maximum Gasteiger partial charge on any atom is 0.255 e. The van der Waals surface area contributed by atoms with Crippen molar-refractivity contribution in [1.29, 1.82) is 5.26 Å². The van der Waals surface area contributed by atoms with E-state index in [1.165, 1.54) is 11.8 Å². The highest BCUT2D eigenvalue weighted by molar-refractivity contribution is 6.05. The van der Waals surface area contributed by atoms with Crippen molar-refractivity contribution in [2.45, 2.75) is 95.2 Å². The number of nitrogens with one attached hydrogen (secondary N) is 3. The summed E-state index contributed by atoms with van der Waals surface area (Å²) in [4.78, 5) is 75.7. The third-order valence-corrected chi connectivity index (χ3v) is 14.3. The van der Waals surface area contributed by atoms with E-state index in [9.17, 15) is 38.0 Å². The Balaban J connectivity index is 0.752. The number of nitrogens with zero attached hydrogens (tertiary/aromatic N) is 7. The highest BCUT2D eigenvalue weighted by Gasteiger charge is 2.44. The van der Waals surface area contributed by atoms with Crippen LogP contribution in [0.1, 0.15) is 114 Å². The molecule has 7 heterocycles. The topological polar surface area (TPSA) is 194 Å². The van der Waals surface area contributed by atoms with Crippen molar-refractivity contribution in [2.24, 2.45) is 0 Å². The van der Waals surface area contributed by atoms with E-state index in [-0.39, 0.29) is 37.0 Å². The molecule has 1 atom stereocenters. The van der Waals surface area contributed by atoms with Crippen LogP contribution in [0.4, 0.5) is 14.6 Å². The van der Waals surface area contributed by atoms with Crippen molar-refractivity contribution in [2.75, 3.05) is 50.8 Å². The lowest BCUT2D eigenvalue weighted by atomic mass is 9.85. The number of benzene rings is 2. The molecule has 1 unspecified atom stereocenters. The molecule has 2 aromatic carbocycles. The molecule has 3 N–H and O–H groups in total. The van der Waals surface area contributed by atoms with E-state index >= 15 is 0 Å². The normalized spacial score (nSPS) is 18.4. The van der Waals surface area contributed by atoms with Gasteiger partial charge in [0.2, 0.25) is 17.7 Å². The van der Waals surface area contributed by atoms with Gasteiger partial charge >= 0.3 is 0 Å². The van der Waals surface area contributed by atoms with Crippen LogP contribution < -0.4 is 25.6 Å². The Labute approximate surface area is 404 Å². The molecule has 5 amide bonds. The van der Waals surface area contributed by atoms with Gasteiger partial charge < -0.3 is 30.1 Å². The van der Waals surface area contributed by atoms with Crippen LogP contribution in [-0.2, 0) is 20.9 Å². The number of hydrogen-bond acceptors (Lipinski definition) is 11. The largest absolute Gasteiger partial charge is 0.492 e. The molecular formula is C52H56F2N10O6. The minimum atomic E-state index is -1.38. The van der Waals surface area contributed by atoms with E-state index in [4.69, 9.17) is 9.72 Å². The van der Waals surface area contributed by atoms with Crippen molar-refractivity contribution in [3.63, 3.8) is 0 Å². The SMILES string of the molecule is CCOc1cc(-c2ccc(N3CCC(NC(=O)c4cc(F)ccc4F)(C(=O)NCCCCCCN4CCC(c5ccc6c(c5)CN(C5CCC(=O)NC5=O)C6=O)CC4)CC3)nc2)c2c(C#N)cnn2c1. The summed E-state index contributed by atoms with van der Waals surface area (Å²) < 4.78 is 36.3. The first-order valence-electron chi connectivity index (χ1n) is 24.2. The molecule has 364 valence electrons. The van der Waals surface area contributed by atoms with Gasteiger partial charge in [-0.15, -0.1) is 0 Å². The van der Waals surface area contributed by atoms with E-state index in [2.05, 4.69) is 38.1 Å². The summed E-state index contributed by atoms with van der Waals surface area (Å²) in [6.45, 7) is 6.68. The number of anilines is 1. The van der Waals surface area contributed by atoms with Crippen molar-refractivity contribution >= 4 is 40.9 Å². The number of nitriles is 1. The molecule has 4 aliphatic heterocycles. The van der Waals surface area contributed by atoms with E-state index in [1.807, 2.05) is 42.2 Å². The highest BCUT2D eigenvalue weighted by Crippen LogP contribution is 2.35. The van der Waals surface area contributed by atoms with Crippen molar-refractivity contribution < 1.29 is 37.5 Å². The van der Waals surface area contributed by atoms with Gasteiger partial charge in [-0.05, 0) is 131 Å². The van der Waals surface area contributed by atoms with E-state index in [1.54, 1.807) is 21.8 Å². The third kappa shape index (κ3) is 10.1. The molecule has 3 aromatic heterocycles. The van der Waals surface area contributed by atoms with Gasteiger partial charge in [0.15, 0.2) is 0 Å². The van der Waals surface area contributed by atoms with E-state index in [0.717, 1.165) is 93.0 Å². The molecule has 0 spiro atoms. The smallest absolute Gasteiger partial charge is 0.255 e. The monoisotopic (exact) mass is 954 g/mol. The molecule has 0 bridgehead atoms. The fourth-order valence-electron chi connectivity index (χ4n) is 10.4. The molecule has 16 nitrogen and oxygen atoms in total. The van der Waals surface area contributed by atoms with Crippen molar-refractivity contribution in [3.05, 3.63) is 113 Å². The summed E-state index contributed by atoms with van der Waals surface area (Å²) in [5.74, 6) is -2.14. The number of carbonyl (C=O) groups excluding carboxylic acids is 5. The number of fused-ring (bicyclic) bond motifs is 2. The second-order valence-corrected chi connectivity index (χ2v) is 18.6. The number of ether oxygens (including phenoxy) is 1. The van der Waals surface area contributed by atoms with Crippen molar-refractivity contribution in [3.8, 4) is 22.9 Å². The van der Waals surface area contributed by atoms with Crippen LogP contribution in [0.3, 0.4) is 0 Å². The fraction of sp³-hybridized carbons (Fsp3) is 0.423. The first-order valence-corrected chi connectivity index (χ1v) is 24.2. The Kier molecular flexibility index (Phi) is 14.2. The molecule has 4 aliphatic rings. The second kappa shape index (κ2) is 20.8. The predicted octanol–water partition coefficient (Wildman–Crippen LogP) is 6.03. The van der Waals surface area contributed by atoms with Gasteiger partial charge in [-0.3, -0.25) is 29.3 Å². The number of aromatic nitrogens is 3. The zero-order chi connectivity index (χ0) is 48.9. The van der Waals surface area contributed by atoms with Crippen LogP contribution in [0.25, 0.3) is 16.6 Å². The molecular weight excluding hydrogens is 899 g/mol.